The molecule has 21 heavy (non-hydrogen) atoms. The van der Waals surface area contributed by atoms with E-state index in [2.05, 4.69) is 19.2 Å². The van der Waals surface area contributed by atoms with Crippen LogP contribution in [0.5, 0.6) is 5.75 Å². The van der Waals surface area contributed by atoms with Crippen molar-refractivity contribution in [3.05, 3.63) is 58.1 Å². The molecule has 0 saturated heterocycles. The van der Waals surface area contributed by atoms with Crippen molar-refractivity contribution in [3.8, 4) is 5.75 Å². The quantitative estimate of drug-likeness (QED) is 0.727. The van der Waals surface area contributed by atoms with Gasteiger partial charge in [-0.2, -0.15) is 0 Å². The van der Waals surface area contributed by atoms with Crippen molar-refractivity contribution in [2.24, 2.45) is 0 Å². The summed E-state index contributed by atoms with van der Waals surface area (Å²) in [7, 11) is 0. The molecule has 0 radical (unpaired) electrons. The van der Waals surface area contributed by atoms with Gasteiger partial charge in [-0.05, 0) is 43.2 Å². The van der Waals surface area contributed by atoms with Gasteiger partial charge in [0.1, 0.15) is 5.75 Å². The Labute approximate surface area is 136 Å². The average Bonchev–Trinajstić information content (AvgIpc) is 2.46. The molecule has 0 aliphatic carbocycles. The second kappa shape index (κ2) is 7.58. The molecule has 2 aromatic rings. The largest absolute Gasteiger partial charge is 0.491 e. The zero-order valence-corrected chi connectivity index (χ0v) is 13.7. The molecule has 0 aliphatic rings. The van der Waals surface area contributed by atoms with Gasteiger partial charge < -0.3 is 10.1 Å². The fourth-order valence-corrected chi connectivity index (χ4v) is 2.33. The Bertz CT molecular complexity index is 601. The maximum Gasteiger partial charge on any atom is 0.121 e. The Morgan fingerprint density at radius 3 is 2.67 bits per heavy atom. The lowest BCUT2D eigenvalue weighted by molar-refractivity contribution is 0.217. The number of hydrogen-bond donors (Lipinski definition) is 1. The summed E-state index contributed by atoms with van der Waals surface area (Å²) in [6.45, 7) is 4.81. The fourth-order valence-electron chi connectivity index (χ4n) is 1.86. The third-order valence-electron chi connectivity index (χ3n) is 3.24. The van der Waals surface area contributed by atoms with Crippen molar-refractivity contribution in [2.45, 2.75) is 32.9 Å². The monoisotopic (exact) mass is 323 g/mol. The second-order valence-electron chi connectivity index (χ2n) is 4.95. The molecule has 0 aliphatic heterocycles. The molecule has 0 fully saturated rings. The van der Waals surface area contributed by atoms with Crippen LogP contribution < -0.4 is 10.1 Å². The van der Waals surface area contributed by atoms with Crippen LogP contribution >= 0.6 is 23.2 Å². The van der Waals surface area contributed by atoms with Crippen molar-refractivity contribution in [1.29, 1.82) is 0 Å². The number of halogens is 2. The molecule has 2 rings (SSSR count). The van der Waals surface area contributed by atoms with E-state index >= 15 is 0 Å². The summed E-state index contributed by atoms with van der Waals surface area (Å²) in [5, 5.41) is 4.66. The average molecular weight is 324 g/mol. The second-order valence-corrected chi connectivity index (χ2v) is 5.80. The number of hydrogen-bond acceptors (Lipinski definition) is 2. The van der Waals surface area contributed by atoms with E-state index in [4.69, 9.17) is 27.9 Å². The molecule has 2 nitrogen and oxygen atoms in total. The van der Waals surface area contributed by atoms with E-state index in [-0.39, 0.29) is 6.10 Å². The van der Waals surface area contributed by atoms with Gasteiger partial charge in [0.2, 0.25) is 0 Å². The van der Waals surface area contributed by atoms with Gasteiger partial charge in [-0.1, -0.05) is 42.3 Å². The van der Waals surface area contributed by atoms with Crippen LogP contribution in [0.1, 0.15) is 25.8 Å². The fraction of sp³-hybridized carbons (Fsp3) is 0.294. The molecule has 1 N–H and O–H groups in total. The first-order valence-corrected chi connectivity index (χ1v) is 7.78. The van der Waals surface area contributed by atoms with Gasteiger partial charge >= 0.3 is 0 Å². The van der Waals surface area contributed by atoms with Crippen molar-refractivity contribution in [3.63, 3.8) is 0 Å². The minimum absolute atomic E-state index is 0.214. The molecule has 4 heteroatoms. The number of ether oxygens (including phenoxy) is 1. The highest BCUT2D eigenvalue weighted by atomic mass is 35.5. The smallest absolute Gasteiger partial charge is 0.121 e. The third kappa shape index (κ3) is 4.83. The van der Waals surface area contributed by atoms with Crippen molar-refractivity contribution < 1.29 is 4.74 Å². The predicted octanol–water partition coefficient (Wildman–Crippen LogP) is 5.78. The van der Waals surface area contributed by atoms with Gasteiger partial charge in [0, 0.05) is 28.3 Å². The summed E-state index contributed by atoms with van der Waals surface area (Å²) in [6.07, 6.45) is 1.20. The molecule has 0 aromatic heterocycles. The zero-order valence-electron chi connectivity index (χ0n) is 12.2. The summed E-state index contributed by atoms with van der Waals surface area (Å²) >= 11 is 12.1. The first-order valence-electron chi connectivity index (χ1n) is 7.03. The van der Waals surface area contributed by atoms with E-state index < -0.39 is 0 Å². The normalized spacial score (nSPS) is 12.0. The summed E-state index contributed by atoms with van der Waals surface area (Å²) in [6, 6.07) is 13.5. The van der Waals surface area contributed by atoms with E-state index in [0.717, 1.165) is 23.4 Å². The molecule has 0 amide bonds. The topological polar surface area (TPSA) is 21.3 Å². The molecule has 0 heterocycles. The Hall–Kier alpha value is -1.38. The van der Waals surface area contributed by atoms with Gasteiger partial charge in [0.15, 0.2) is 0 Å². The highest BCUT2D eigenvalue weighted by molar-refractivity contribution is 6.35. The van der Waals surface area contributed by atoms with Crippen LogP contribution in [0.2, 0.25) is 10.0 Å². The van der Waals surface area contributed by atoms with Crippen LogP contribution in [0.15, 0.2) is 42.5 Å². The molecule has 2 aromatic carbocycles. The Morgan fingerprint density at radius 2 is 1.95 bits per heavy atom. The standard InChI is InChI=1S/C17H19Cl2NO/c1-3-12(2)21-16-6-4-5-15(10-16)20-11-13-7-8-14(18)9-17(13)19/h4-10,12,20H,3,11H2,1-2H3. The van der Waals surface area contributed by atoms with Crippen LogP contribution in [-0.2, 0) is 6.54 Å². The van der Waals surface area contributed by atoms with Crippen LogP contribution in [-0.4, -0.2) is 6.10 Å². The minimum atomic E-state index is 0.214. The molecule has 1 atom stereocenters. The number of benzene rings is 2. The lowest BCUT2D eigenvalue weighted by Crippen LogP contribution is -2.09. The SMILES string of the molecule is CCC(C)Oc1cccc(NCc2ccc(Cl)cc2Cl)c1. The van der Waals surface area contributed by atoms with Crippen LogP contribution in [0.3, 0.4) is 0 Å². The summed E-state index contributed by atoms with van der Waals surface area (Å²) in [4.78, 5) is 0. The third-order valence-corrected chi connectivity index (χ3v) is 3.83. The lowest BCUT2D eigenvalue weighted by atomic mass is 10.2. The van der Waals surface area contributed by atoms with E-state index in [1.54, 1.807) is 6.07 Å². The first-order chi connectivity index (χ1) is 10.1. The van der Waals surface area contributed by atoms with Crippen molar-refractivity contribution >= 4 is 28.9 Å². The Balaban J connectivity index is 2.01. The van der Waals surface area contributed by atoms with Crippen molar-refractivity contribution in [2.75, 3.05) is 5.32 Å². The van der Waals surface area contributed by atoms with Crippen LogP contribution in [0, 0.1) is 0 Å². The molecule has 1 unspecified atom stereocenters. The molecule has 112 valence electrons. The molecule has 0 saturated carbocycles. The summed E-state index contributed by atoms with van der Waals surface area (Å²) in [5.41, 5.74) is 2.01. The Kier molecular flexibility index (Phi) is 5.77. The predicted molar refractivity (Wildman–Crippen MR) is 90.6 cm³/mol. The van der Waals surface area contributed by atoms with Crippen LogP contribution in [0.4, 0.5) is 5.69 Å². The lowest BCUT2D eigenvalue weighted by Gasteiger charge is -2.14. The molecule has 0 spiro atoms. The maximum atomic E-state index is 6.17. The summed E-state index contributed by atoms with van der Waals surface area (Å²) in [5.74, 6) is 0.872. The number of rotatable bonds is 6. The van der Waals surface area contributed by atoms with Crippen molar-refractivity contribution in [1.82, 2.24) is 0 Å². The van der Waals surface area contributed by atoms with E-state index in [1.165, 1.54) is 0 Å². The highest BCUT2D eigenvalue weighted by Crippen LogP contribution is 2.23. The zero-order chi connectivity index (χ0) is 15.2. The van der Waals surface area contributed by atoms with E-state index in [0.29, 0.717) is 16.6 Å². The number of nitrogens with one attached hydrogen (secondary N) is 1. The van der Waals surface area contributed by atoms with Gasteiger partial charge in [-0.3, -0.25) is 0 Å². The van der Waals surface area contributed by atoms with E-state index in [1.807, 2.05) is 36.4 Å². The van der Waals surface area contributed by atoms with E-state index in [9.17, 15) is 0 Å². The Morgan fingerprint density at radius 1 is 1.14 bits per heavy atom. The van der Waals surface area contributed by atoms with Gasteiger partial charge in [-0.15, -0.1) is 0 Å². The number of anilines is 1. The summed E-state index contributed by atoms with van der Waals surface area (Å²) < 4.78 is 5.81. The highest BCUT2D eigenvalue weighted by Gasteiger charge is 2.04. The molecule has 0 bridgehead atoms. The van der Waals surface area contributed by atoms with Crippen LogP contribution in [0.25, 0.3) is 0 Å². The minimum Gasteiger partial charge on any atom is -0.491 e. The van der Waals surface area contributed by atoms with Gasteiger partial charge in [0.25, 0.3) is 0 Å². The molecular weight excluding hydrogens is 305 g/mol. The first kappa shape index (κ1) is 16.0. The van der Waals surface area contributed by atoms with Gasteiger partial charge in [0.05, 0.1) is 6.10 Å². The van der Waals surface area contributed by atoms with Gasteiger partial charge in [-0.25, -0.2) is 0 Å². The molecular formula is C17H19Cl2NO. The maximum absolute atomic E-state index is 6.17.